The van der Waals surface area contributed by atoms with E-state index in [1.54, 1.807) is 4.90 Å². The fourth-order valence-electron chi connectivity index (χ4n) is 2.80. The first kappa shape index (κ1) is 16.1. The van der Waals surface area contributed by atoms with Crippen LogP contribution in [0.4, 0.5) is 4.79 Å². The van der Waals surface area contributed by atoms with Crippen LogP contribution in [0.1, 0.15) is 31.2 Å². The van der Waals surface area contributed by atoms with Gasteiger partial charge in [-0.3, -0.25) is 4.79 Å². The molecular weight excluding hydrogens is 314 g/mol. The third kappa shape index (κ3) is 4.61. The van der Waals surface area contributed by atoms with E-state index in [0.717, 1.165) is 37.8 Å². The first-order valence-corrected chi connectivity index (χ1v) is 8.57. The summed E-state index contributed by atoms with van der Waals surface area (Å²) in [6, 6.07) is 7.75. The summed E-state index contributed by atoms with van der Waals surface area (Å²) in [6.45, 7) is 1.73. The van der Waals surface area contributed by atoms with E-state index in [1.165, 1.54) is 0 Å². The van der Waals surface area contributed by atoms with Crippen molar-refractivity contribution in [1.82, 2.24) is 15.5 Å². The van der Waals surface area contributed by atoms with Crippen LogP contribution in [0.2, 0.25) is 5.02 Å². The summed E-state index contributed by atoms with van der Waals surface area (Å²) < 4.78 is 0. The highest BCUT2D eigenvalue weighted by Gasteiger charge is 2.31. The molecule has 0 radical (unpaired) electrons. The maximum Gasteiger partial charge on any atom is 0.317 e. The molecule has 0 aromatic heterocycles. The predicted molar refractivity (Wildman–Crippen MR) is 89.1 cm³/mol. The van der Waals surface area contributed by atoms with Gasteiger partial charge in [0.05, 0.1) is 5.92 Å². The number of carbonyl (C=O) groups is 2. The van der Waals surface area contributed by atoms with E-state index < -0.39 is 0 Å². The SMILES string of the molecule is O=C(NCc1ccc(Cl)cc1)C1CCCN(C(=O)NC2CC2)C1. The molecule has 1 saturated carbocycles. The van der Waals surface area contributed by atoms with Crippen LogP contribution in [-0.4, -0.2) is 36.0 Å². The molecule has 0 bridgehead atoms. The quantitative estimate of drug-likeness (QED) is 0.888. The molecule has 1 aromatic rings. The second kappa shape index (κ2) is 7.21. The molecule has 3 amide bonds. The fraction of sp³-hybridized carbons (Fsp3) is 0.529. The second-order valence-corrected chi connectivity index (χ2v) is 6.79. The van der Waals surface area contributed by atoms with E-state index in [-0.39, 0.29) is 17.9 Å². The van der Waals surface area contributed by atoms with E-state index in [4.69, 9.17) is 11.6 Å². The predicted octanol–water partition coefficient (Wildman–Crippen LogP) is 2.54. The molecule has 1 saturated heterocycles. The molecule has 1 atom stereocenters. The minimum Gasteiger partial charge on any atom is -0.352 e. The van der Waals surface area contributed by atoms with Gasteiger partial charge in [-0.1, -0.05) is 23.7 Å². The van der Waals surface area contributed by atoms with Crippen LogP contribution in [0, 0.1) is 5.92 Å². The Bertz CT molecular complexity index is 572. The number of halogens is 1. The molecule has 124 valence electrons. The lowest BCUT2D eigenvalue weighted by Gasteiger charge is -2.32. The molecule has 0 spiro atoms. The lowest BCUT2D eigenvalue weighted by Crippen LogP contribution is -2.49. The molecule has 6 heteroatoms. The average molecular weight is 336 g/mol. The van der Waals surface area contributed by atoms with Crippen LogP contribution in [0.3, 0.4) is 0 Å². The van der Waals surface area contributed by atoms with Gasteiger partial charge < -0.3 is 15.5 Å². The maximum atomic E-state index is 12.3. The van der Waals surface area contributed by atoms with Crippen molar-refractivity contribution in [1.29, 1.82) is 0 Å². The van der Waals surface area contributed by atoms with Gasteiger partial charge in [-0.05, 0) is 43.4 Å². The third-order valence-corrected chi connectivity index (χ3v) is 4.62. The van der Waals surface area contributed by atoms with Gasteiger partial charge in [0.1, 0.15) is 0 Å². The molecule has 1 unspecified atom stereocenters. The molecule has 1 heterocycles. The van der Waals surface area contributed by atoms with Gasteiger partial charge in [0.2, 0.25) is 5.91 Å². The molecule has 1 aliphatic heterocycles. The van der Waals surface area contributed by atoms with Crippen LogP contribution in [0.15, 0.2) is 24.3 Å². The van der Waals surface area contributed by atoms with Crippen molar-refractivity contribution in [3.63, 3.8) is 0 Å². The van der Waals surface area contributed by atoms with E-state index in [9.17, 15) is 9.59 Å². The Kier molecular flexibility index (Phi) is 5.06. The molecule has 23 heavy (non-hydrogen) atoms. The topological polar surface area (TPSA) is 61.4 Å². The van der Waals surface area contributed by atoms with Crippen molar-refractivity contribution in [2.45, 2.75) is 38.3 Å². The fourth-order valence-corrected chi connectivity index (χ4v) is 2.93. The Labute approximate surface area is 141 Å². The number of carbonyl (C=O) groups excluding carboxylic acids is 2. The lowest BCUT2D eigenvalue weighted by molar-refractivity contribution is -0.126. The smallest absolute Gasteiger partial charge is 0.317 e. The van der Waals surface area contributed by atoms with Gasteiger partial charge in [-0.25, -0.2) is 4.79 Å². The zero-order valence-corrected chi connectivity index (χ0v) is 13.8. The van der Waals surface area contributed by atoms with Crippen molar-refractivity contribution in [2.75, 3.05) is 13.1 Å². The summed E-state index contributed by atoms with van der Waals surface area (Å²) in [6.07, 6.45) is 3.85. The lowest BCUT2D eigenvalue weighted by atomic mass is 9.97. The highest BCUT2D eigenvalue weighted by atomic mass is 35.5. The summed E-state index contributed by atoms with van der Waals surface area (Å²) in [5, 5.41) is 6.63. The van der Waals surface area contributed by atoms with Gasteiger partial charge in [-0.15, -0.1) is 0 Å². The van der Waals surface area contributed by atoms with Gasteiger partial charge in [0, 0.05) is 30.7 Å². The first-order valence-electron chi connectivity index (χ1n) is 8.19. The number of piperidine rings is 1. The molecule has 3 rings (SSSR count). The zero-order valence-electron chi connectivity index (χ0n) is 13.1. The number of likely N-dealkylation sites (tertiary alicyclic amines) is 1. The van der Waals surface area contributed by atoms with Gasteiger partial charge in [-0.2, -0.15) is 0 Å². The van der Waals surface area contributed by atoms with E-state index >= 15 is 0 Å². The summed E-state index contributed by atoms with van der Waals surface area (Å²) in [7, 11) is 0. The first-order chi connectivity index (χ1) is 11.1. The normalized spacial score (nSPS) is 20.9. The summed E-state index contributed by atoms with van der Waals surface area (Å²) in [5.41, 5.74) is 1.02. The number of rotatable bonds is 4. The summed E-state index contributed by atoms with van der Waals surface area (Å²) in [4.78, 5) is 26.2. The monoisotopic (exact) mass is 335 g/mol. The van der Waals surface area contributed by atoms with Crippen LogP contribution in [0.25, 0.3) is 0 Å². The van der Waals surface area contributed by atoms with Crippen LogP contribution < -0.4 is 10.6 Å². The van der Waals surface area contributed by atoms with E-state index in [0.29, 0.717) is 24.2 Å². The van der Waals surface area contributed by atoms with Crippen LogP contribution >= 0.6 is 11.6 Å². The highest BCUT2D eigenvalue weighted by molar-refractivity contribution is 6.30. The number of amides is 3. The largest absolute Gasteiger partial charge is 0.352 e. The zero-order chi connectivity index (χ0) is 16.2. The Hall–Kier alpha value is -1.75. The second-order valence-electron chi connectivity index (χ2n) is 6.35. The van der Waals surface area contributed by atoms with E-state index in [1.807, 2.05) is 24.3 Å². The van der Waals surface area contributed by atoms with Gasteiger partial charge >= 0.3 is 6.03 Å². The Morgan fingerprint density at radius 2 is 1.91 bits per heavy atom. The molecule has 1 aromatic carbocycles. The standard InChI is InChI=1S/C17H22ClN3O2/c18-14-5-3-12(4-6-14)10-19-16(22)13-2-1-9-21(11-13)17(23)20-15-7-8-15/h3-6,13,15H,1-2,7-11H2,(H,19,22)(H,20,23). The Morgan fingerprint density at radius 3 is 2.61 bits per heavy atom. The van der Waals surface area contributed by atoms with Crippen molar-refractivity contribution >= 4 is 23.5 Å². The Balaban J connectivity index is 1.48. The Morgan fingerprint density at radius 1 is 1.17 bits per heavy atom. The van der Waals surface area contributed by atoms with Crippen molar-refractivity contribution in [2.24, 2.45) is 5.92 Å². The van der Waals surface area contributed by atoms with Crippen LogP contribution in [-0.2, 0) is 11.3 Å². The maximum absolute atomic E-state index is 12.3. The number of hydrogen-bond donors (Lipinski definition) is 2. The van der Waals surface area contributed by atoms with E-state index in [2.05, 4.69) is 10.6 Å². The molecular formula is C17H22ClN3O2. The molecule has 2 N–H and O–H groups in total. The van der Waals surface area contributed by atoms with Gasteiger partial charge in [0.25, 0.3) is 0 Å². The van der Waals surface area contributed by atoms with Crippen molar-refractivity contribution in [3.05, 3.63) is 34.9 Å². The molecule has 1 aliphatic carbocycles. The van der Waals surface area contributed by atoms with Gasteiger partial charge in [0.15, 0.2) is 0 Å². The van der Waals surface area contributed by atoms with Crippen molar-refractivity contribution in [3.8, 4) is 0 Å². The minimum atomic E-state index is -0.124. The average Bonchev–Trinajstić information content (AvgIpc) is 3.38. The number of urea groups is 1. The third-order valence-electron chi connectivity index (χ3n) is 4.36. The number of hydrogen-bond acceptors (Lipinski definition) is 2. The minimum absolute atomic E-state index is 0.0175. The summed E-state index contributed by atoms with van der Waals surface area (Å²) >= 11 is 5.85. The number of nitrogens with zero attached hydrogens (tertiary/aromatic N) is 1. The van der Waals surface area contributed by atoms with Crippen molar-refractivity contribution < 1.29 is 9.59 Å². The highest BCUT2D eigenvalue weighted by Crippen LogP contribution is 2.21. The molecule has 5 nitrogen and oxygen atoms in total. The number of nitrogens with one attached hydrogen (secondary N) is 2. The van der Waals surface area contributed by atoms with Crippen LogP contribution in [0.5, 0.6) is 0 Å². The molecule has 2 aliphatic rings. The number of benzene rings is 1. The molecule has 2 fully saturated rings. The summed E-state index contributed by atoms with van der Waals surface area (Å²) in [5.74, 6) is -0.107.